The Bertz CT molecular complexity index is 1130. The third-order valence-corrected chi connectivity index (χ3v) is 6.85. The first-order valence-electron chi connectivity index (χ1n) is 14.5. The molecule has 7 N–H and O–H groups in total. The van der Waals surface area contributed by atoms with Gasteiger partial charge in [0, 0.05) is 23.7 Å². The molecule has 1 heterocycles. The fourth-order valence-corrected chi connectivity index (χ4v) is 4.58. The van der Waals surface area contributed by atoms with Gasteiger partial charge in [0.15, 0.2) is 0 Å². The van der Waals surface area contributed by atoms with E-state index in [0.29, 0.717) is 25.9 Å². The van der Waals surface area contributed by atoms with E-state index in [1.807, 2.05) is 38.1 Å². The summed E-state index contributed by atoms with van der Waals surface area (Å²) in [7, 11) is 1.64. The van der Waals surface area contributed by atoms with E-state index in [0.717, 1.165) is 48.0 Å². The Morgan fingerprint density at radius 3 is 2.39 bits per heavy atom. The zero-order chi connectivity index (χ0) is 30.4. The zero-order valence-electron chi connectivity index (χ0n) is 25.0. The lowest BCUT2D eigenvalue weighted by molar-refractivity contribution is -0.141. The van der Waals surface area contributed by atoms with Gasteiger partial charge in [-0.05, 0) is 77.1 Å². The molecule has 1 unspecified atom stereocenters. The molecule has 11 heteroatoms. The van der Waals surface area contributed by atoms with E-state index in [1.54, 1.807) is 13.3 Å². The van der Waals surface area contributed by atoms with Crippen LogP contribution in [0.4, 0.5) is 5.69 Å². The van der Waals surface area contributed by atoms with Crippen LogP contribution in [-0.2, 0) is 14.4 Å². The summed E-state index contributed by atoms with van der Waals surface area (Å²) in [6, 6.07) is 5.59. The van der Waals surface area contributed by atoms with E-state index < -0.39 is 30.0 Å². The van der Waals surface area contributed by atoms with Gasteiger partial charge in [-0.1, -0.05) is 26.3 Å². The van der Waals surface area contributed by atoms with E-state index in [2.05, 4.69) is 33.2 Å². The first kappa shape index (κ1) is 33.8. The SMILES string of the molecule is COc1cc(NC(C)CCCN[C@@H](CCCCN)C(=O)N[C@@H](CC(C)C)C(=O)N[C@H](C)C(=O)O)c2ncccc2c1. The first-order chi connectivity index (χ1) is 19.5. The van der Waals surface area contributed by atoms with Gasteiger partial charge >= 0.3 is 5.97 Å². The van der Waals surface area contributed by atoms with Gasteiger partial charge in [-0.25, -0.2) is 0 Å². The molecule has 0 aliphatic carbocycles. The van der Waals surface area contributed by atoms with E-state index in [9.17, 15) is 14.4 Å². The number of nitrogens with zero attached hydrogens (tertiary/aromatic N) is 1. The number of carboxylic acid groups (broad SMARTS) is 1. The molecule has 0 saturated heterocycles. The molecular weight excluding hydrogens is 524 g/mol. The molecule has 2 aromatic rings. The van der Waals surface area contributed by atoms with Crippen LogP contribution in [0.15, 0.2) is 30.5 Å². The number of anilines is 1. The Morgan fingerprint density at radius 2 is 1.73 bits per heavy atom. The highest BCUT2D eigenvalue weighted by Gasteiger charge is 2.27. The van der Waals surface area contributed by atoms with E-state index in [4.69, 9.17) is 15.6 Å². The Labute approximate surface area is 243 Å². The van der Waals surface area contributed by atoms with Crippen LogP contribution in [0.25, 0.3) is 10.9 Å². The molecule has 11 nitrogen and oxygen atoms in total. The monoisotopic (exact) mass is 572 g/mol. The quantitative estimate of drug-likeness (QED) is 0.139. The highest BCUT2D eigenvalue weighted by atomic mass is 16.5. The summed E-state index contributed by atoms with van der Waals surface area (Å²) in [5.41, 5.74) is 7.46. The molecule has 1 aromatic heterocycles. The van der Waals surface area contributed by atoms with Gasteiger partial charge in [0.25, 0.3) is 0 Å². The summed E-state index contributed by atoms with van der Waals surface area (Å²) < 4.78 is 5.45. The third kappa shape index (κ3) is 11.5. The molecule has 0 aliphatic heterocycles. The lowest BCUT2D eigenvalue weighted by Gasteiger charge is -2.25. The number of amides is 2. The second-order valence-corrected chi connectivity index (χ2v) is 11.0. The molecule has 0 spiro atoms. The molecule has 0 aliphatic rings. The predicted molar refractivity (Wildman–Crippen MR) is 162 cm³/mol. The minimum Gasteiger partial charge on any atom is -0.497 e. The van der Waals surface area contributed by atoms with Gasteiger partial charge in [-0.3, -0.25) is 19.4 Å². The number of hydrogen-bond acceptors (Lipinski definition) is 8. The molecule has 4 atom stereocenters. The number of methoxy groups -OCH3 is 1. The summed E-state index contributed by atoms with van der Waals surface area (Å²) >= 11 is 0. The van der Waals surface area contributed by atoms with Crippen LogP contribution in [0.5, 0.6) is 5.75 Å². The second kappa shape index (κ2) is 17.4. The van der Waals surface area contributed by atoms with Crippen LogP contribution in [0.3, 0.4) is 0 Å². The third-order valence-electron chi connectivity index (χ3n) is 6.85. The molecule has 2 amide bonds. The number of aliphatic carboxylic acids is 1. The highest BCUT2D eigenvalue weighted by molar-refractivity contribution is 5.92. The van der Waals surface area contributed by atoms with Crippen LogP contribution in [0.1, 0.15) is 66.2 Å². The summed E-state index contributed by atoms with van der Waals surface area (Å²) in [6.45, 7) is 8.55. The minimum atomic E-state index is -1.13. The van der Waals surface area contributed by atoms with Crippen molar-refractivity contribution in [1.29, 1.82) is 0 Å². The van der Waals surface area contributed by atoms with E-state index in [1.165, 1.54) is 6.92 Å². The molecule has 1 aromatic carbocycles. The number of benzene rings is 1. The van der Waals surface area contributed by atoms with Crippen LogP contribution < -0.4 is 31.7 Å². The van der Waals surface area contributed by atoms with Gasteiger partial charge in [0.2, 0.25) is 11.8 Å². The van der Waals surface area contributed by atoms with Crippen molar-refractivity contribution in [2.75, 3.05) is 25.5 Å². The fraction of sp³-hybridized carbons (Fsp3) is 0.600. The van der Waals surface area contributed by atoms with Crippen molar-refractivity contribution >= 4 is 34.4 Å². The maximum Gasteiger partial charge on any atom is 0.325 e. The number of nitrogens with one attached hydrogen (secondary N) is 4. The molecule has 228 valence electrons. The van der Waals surface area contributed by atoms with Crippen molar-refractivity contribution in [1.82, 2.24) is 20.9 Å². The summed E-state index contributed by atoms with van der Waals surface area (Å²) in [5, 5.41) is 22.4. The summed E-state index contributed by atoms with van der Waals surface area (Å²) in [5.74, 6) is -1.02. The van der Waals surface area contributed by atoms with Crippen LogP contribution >= 0.6 is 0 Å². The summed E-state index contributed by atoms with van der Waals surface area (Å²) in [4.78, 5) is 41.8. The largest absolute Gasteiger partial charge is 0.497 e. The minimum absolute atomic E-state index is 0.126. The van der Waals surface area contributed by atoms with Crippen LogP contribution in [-0.4, -0.2) is 72.2 Å². The van der Waals surface area contributed by atoms with Crippen molar-refractivity contribution in [3.05, 3.63) is 30.5 Å². The molecule has 0 bridgehead atoms. The predicted octanol–water partition coefficient (Wildman–Crippen LogP) is 3.03. The number of fused-ring (bicyclic) bond motifs is 1. The first-order valence-corrected chi connectivity index (χ1v) is 14.5. The Kier molecular flexibility index (Phi) is 14.3. The van der Waals surface area contributed by atoms with Crippen LogP contribution in [0, 0.1) is 5.92 Å². The number of aromatic nitrogens is 1. The number of unbranched alkanes of at least 4 members (excludes halogenated alkanes) is 1. The number of pyridine rings is 1. The van der Waals surface area contributed by atoms with Crippen molar-refractivity contribution in [2.45, 2.75) is 90.4 Å². The Balaban J connectivity index is 1.97. The van der Waals surface area contributed by atoms with Gasteiger partial charge in [-0.15, -0.1) is 0 Å². The van der Waals surface area contributed by atoms with Gasteiger partial charge in [-0.2, -0.15) is 0 Å². The van der Waals surface area contributed by atoms with E-state index >= 15 is 0 Å². The Hall–Kier alpha value is -3.44. The number of rotatable bonds is 19. The van der Waals surface area contributed by atoms with Crippen molar-refractivity contribution < 1.29 is 24.2 Å². The normalized spacial score (nSPS) is 14.2. The number of carbonyl (C=O) groups excluding carboxylic acids is 2. The number of ether oxygens (including phenoxy) is 1. The topological polar surface area (TPSA) is 168 Å². The summed E-state index contributed by atoms with van der Waals surface area (Å²) in [6.07, 6.45) is 5.98. The molecule has 0 radical (unpaired) electrons. The van der Waals surface area contributed by atoms with Gasteiger partial charge < -0.3 is 36.8 Å². The average Bonchev–Trinajstić information content (AvgIpc) is 2.93. The van der Waals surface area contributed by atoms with Gasteiger partial charge in [0.05, 0.1) is 24.4 Å². The van der Waals surface area contributed by atoms with Crippen molar-refractivity contribution in [3.8, 4) is 5.75 Å². The Morgan fingerprint density at radius 1 is 1.00 bits per heavy atom. The smallest absolute Gasteiger partial charge is 0.325 e. The highest BCUT2D eigenvalue weighted by Crippen LogP contribution is 2.28. The maximum absolute atomic E-state index is 13.3. The standard InChI is InChI=1S/C30H48N6O5/c1-19(2)16-26(29(38)35-21(4)30(39)40)36-28(37)24(12-6-7-13-31)32-14-8-10-20(3)34-25-18-23(41-5)17-22-11-9-15-33-27(22)25/h9,11,15,17-21,24,26,32,34H,6-8,10,12-14,16,31H2,1-5H3,(H,35,38)(H,36,37)(H,39,40)/t20?,21-,24+,26+/m1/s1. The lowest BCUT2D eigenvalue weighted by Crippen LogP contribution is -2.55. The van der Waals surface area contributed by atoms with Crippen molar-refractivity contribution in [3.63, 3.8) is 0 Å². The van der Waals surface area contributed by atoms with Crippen molar-refractivity contribution in [2.24, 2.45) is 11.7 Å². The molecule has 41 heavy (non-hydrogen) atoms. The number of carbonyl (C=O) groups is 3. The molecule has 2 rings (SSSR count). The maximum atomic E-state index is 13.3. The lowest BCUT2D eigenvalue weighted by atomic mass is 10.0. The van der Waals surface area contributed by atoms with Gasteiger partial charge in [0.1, 0.15) is 17.8 Å². The van der Waals surface area contributed by atoms with Crippen LogP contribution in [0.2, 0.25) is 0 Å². The van der Waals surface area contributed by atoms with E-state index in [-0.39, 0.29) is 17.9 Å². The average molecular weight is 573 g/mol. The molecule has 0 saturated carbocycles. The molecular formula is C30H48N6O5. The fourth-order valence-electron chi connectivity index (χ4n) is 4.58. The zero-order valence-corrected chi connectivity index (χ0v) is 25.0. The number of carboxylic acids is 1. The number of nitrogens with two attached hydrogens (primary N) is 1. The second-order valence-electron chi connectivity index (χ2n) is 11.0. The molecule has 0 fully saturated rings. The number of hydrogen-bond donors (Lipinski definition) is 6.